The maximum Gasteiger partial charge on any atom is 0.328 e. The van der Waals surface area contributed by atoms with Gasteiger partial charge < -0.3 is 9.30 Å². The van der Waals surface area contributed by atoms with Crippen LogP contribution in [0.4, 0.5) is 0 Å². The molecular weight excluding hydrogens is 242 g/mol. The number of fused-ring (bicyclic) bond motifs is 1. The second-order valence-corrected chi connectivity index (χ2v) is 4.46. The summed E-state index contributed by atoms with van der Waals surface area (Å²) in [5.74, 6) is -0.376. The van der Waals surface area contributed by atoms with E-state index >= 15 is 0 Å². The molecule has 1 atom stereocenters. The normalized spacial score (nSPS) is 12.3. The maximum absolute atomic E-state index is 12.3. The molecule has 1 unspecified atom stereocenters. The molecule has 2 rings (SSSR count). The molecule has 0 aliphatic heterocycles. The molecule has 100 valence electrons. The standard InChI is InChI=1S/C15H17NO3/c1-3-10-19-15(18)11(2)16-9-8-12-6-4-5-7-13(12)14(16)17/h4-9,11H,3,10H2,1-2H3. The lowest BCUT2D eigenvalue weighted by Crippen LogP contribution is -2.29. The summed E-state index contributed by atoms with van der Waals surface area (Å²) in [7, 11) is 0. The van der Waals surface area contributed by atoms with Crippen LogP contribution in [0.25, 0.3) is 10.8 Å². The van der Waals surface area contributed by atoms with E-state index < -0.39 is 6.04 Å². The highest BCUT2D eigenvalue weighted by Gasteiger charge is 2.17. The van der Waals surface area contributed by atoms with Gasteiger partial charge in [-0.05, 0) is 30.9 Å². The SMILES string of the molecule is CCCOC(=O)C(C)n1ccc2ccccc2c1=O. The average Bonchev–Trinajstić information content (AvgIpc) is 2.44. The van der Waals surface area contributed by atoms with Crippen LogP contribution < -0.4 is 5.56 Å². The van der Waals surface area contributed by atoms with Crippen molar-refractivity contribution in [3.63, 3.8) is 0 Å². The van der Waals surface area contributed by atoms with Gasteiger partial charge in [-0.25, -0.2) is 4.79 Å². The fourth-order valence-corrected chi connectivity index (χ4v) is 1.95. The van der Waals surface area contributed by atoms with Gasteiger partial charge in [0.2, 0.25) is 0 Å². The van der Waals surface area contributed by atoms with Crippen molar-refractivity contribution in [2.24, 2.45) is 0 Å². The Morgan fingerprint density at radius 3 is 2.79 bits per heavy atom. The highest BCUT2D eigenvalue weighted by Crippen LogP contribution is 2.12. The van der Waals surface area contributed by atoms with Crippen molar-refractivity contribution in [3.8, 4) is 0 Å². The van der Waals surface area contributed by atoms with Gasteiger partial charge in [0.1, 0.15) is 6.04 Å². The maximum atomic E-state index is 12.3. The molecule has 4 nitrogen and oxygen atoms in total. The first kappa shape index (κ1) is 13.3. The average molecular weight is 259 g/mol. The second kappa shape index (κ2) is 5.69. The van der Waals surface area contributed by atoms with E-state index in [4.69, 9.17) is 4.74 Å². The summed E-state index contributed by atoms with van der Waals surface area (Å²) in [4.78, 5) is 24.1. The number of hydrogen-bond donors (Lipinski definition) is 0. The molecule has 2 aromatic rings. The van der Waals surface area contributed by atoms with E-state index in [0.717, 1.165) is 11.8 Å². The Morgan fingerprint density at radius 2 is 2.05 bits per heavy atom. The number of aromatic nitrogens is 1. The molecule has 1 aromatic heterocycles. The topological polar surface area (TPSA) is 48.3 Å². The molecule has 0 saturated carbocycles. The van der Waals surface area contributed by atoms with Gasteiger partial charge in [0, 0.05) is 11.6 Å². The van der Waals surface area contributed by atoms with E-state index in [-0.39, 0.29) is 11.5 Å². The van der Waals surface area contributed by atoms with Crippen molar-refractivity contribution < 1.29 is 9.53 Å². The Labute approximate surface area is 111 Å². The van der Waals surface area contributed by atoms with Crippen LogP contribution >= 0.6 is 0 Å². The Bertz CT molecular complexity index is 645. The van der Waals surface area contributed by atoms with Gasteiger partial charge in [0.15, 0.2) is 0 Å². The van der Waals surface area contributed by atoms with Gasteiger partial charge in [0.05, 0.1) is 6.61 Å². The number of carbonyl (C=O) groups is 1. The summed E-state index contributed by atoms with van der Waals surface area (Å²) in [5, 5.41) is 1.48. The molecule has 0 fully saturated rings. The van der Waals surface area contributed by atoms with E-state index in [9.17, 15) is 9.59 Å². The third-order valence-corrected chi connectivity index (χ3v) is 3.05. The molecule has 0 aliphatic carbocycles. The van der Waals surface area contributed by atoms with E-state index in [1.54, 1.807) is 19.2 Å². The molecule has 0 spiro atoms. The number of ether oxygens (including phenoxy) is 1. The highest BCUT2D eigenvalue weighted by molar-refractivity contribution is 5.82. The summed E-state index contributed by atoms with van der Waals surface area (Å²) in [6.45, 7) is 3.99. The lowest BCUT2D eigenvalue weighted by molar-refractivity contribution is -0.147. The van der Waals surface area contributed by atoms with Gasteiger partial charge in [-0.2, -0.15) is 0 Å². The van der Waals surface area contributed by atoms with Crippen LogP contribution in [-0.4, -0.2) is 17.1 Å². The van der Waals surface area contributed by atoms with Crippen LogP contribution in [0.15, 0.2) is 41.3 Å². The Balaban J connectivity index is 2.37. The zero-order chi connectivity index (χ0) is 13.8. The molecule has 0 radical (unpaired) electrons. The second-order valence-electron chi connectivity index (χ2n) is 4.46. The molecule has 0 amide bonds. The van der Waals surface area contributed by atoms with Gasteiger partial charge >= 0.3 is 5.97 Å². The molecule has 1 aromatic carbocycles. The minimum Gasteiger partial charge on any atom is -0.464 e. The molecular formula is C15H17NO3. The quantitative estimate of drug-likeness (QED) is 0.793. The van der Waals surface area contributed by atoms with Crippen LogP contribution in [0, 0.1) is 0 Å². The third-order valence-electron chi connectivity index (χ3n) is 3.05. The first-order valence-electron chi connectivity index (χ1n) is 6.41. The number of hydrogen-bond acceptors (Lipinski definition) is 3. The molecule has 0 bridgehead atoms. The van der Waals surface area contributed by atoms with Gasteiger partial charge in [-0.3, -0.25) is 4.79 Å². The van der Waals surface area contributed by atoms with E-state index in [0.29, 0.717) is 12.0 Å². The van der Waals surface area contributed by atoms with Crippen LogP contribution in [0.2, 0.25) is 0 Å². The Hall–Kier alpha value is -2.10. The molecule has 0 aliphatic rings. The number of esters is 1. The smallest absolute Gasteiger partial charge is 0.328 e. The van der Waals surface area contributed by atoms with Crippen molar-refractivity contribution in [1.29, 1.82) is 0 Å². The van der Waals surface area contributed by atoms with Crippen molar-refractivity contribution >= 4 is 16.7 Å². The third kappa shape index (κ3) is 2.67. The molecule has 0 N–H and O–H groups in total. The first-order chi connectivity index (χ1) is 9.15. The van der Waals surface area contributed by atoms with Crippen molar-refractivity contribution in [1.82, 2.24) is 4.57 Å². The highest BCUT2D eigenvalue weighted by atomic mass is 16.5. The van der Waals surface area contributed by atoms with Crippen molar-refractivity contribution in [2.75, 3.05) is 6.61 Å². The minimum absolute atomic E-state index is 0.168. The molecule has 4 heteroatoms. The fraction of sp³-hybridized carbons (Fsp3) is 0.333. The monoisotopic (exact) mass is 259 g/mol. The minimum atomic E-state index is -0.608. The van der Waals surface area contributed by atoms with E-state index in [1.165, 1.54) is 4.57 Å². The van der Waals surface area contributed by atoms with Crippen molar-refractivity contribution in [3.05, 3.63) is 46.9 Å². The molecule has 1 heterocycles. The van der Waals surface area contributed by atoms with Crippen LogP contribution in [0.5, 0.6) is 0 Å². The number of rotatable bonds is 4. The fourth-order valence-electron chi connectivity index (χ4n) is 1.95. The summed E-state index contributed by atoms with van der Waals surface area (Å²) < 4.78 is 6.49. The number of carbonyl (C=O) groups excluding carboxylic acids is 1. The first-order valence-corrected chi connectivity index (χ1v) is 6.41. The number of benzene rings is 1. The lowest BCUT2D eigenvalue weighted by atomic mass is 10.1. The van der Waals surface area contributed by atoms with Gasteiger partial charge in [-0.1, -0.05) is 25.1 Å². The van der Waals surface area contributed by atoms with Crippen molar-refractivity contribution in [2.45, 2.75) is 26.3 Å². The van der Waals surface area contributed by atoms with Gasteiger partial charge in [0.25, 0.3) is 5.56 Å². The van der Waals surface area contributed by atoms with Crippen LogP contribution in [-0.2, 0) is 9.53 Å². The summed E-state index contributed by atoms with van der Waals surface area (Å²) in [6.07, 6.45) is 2.41. The summed E-state index contributed by atoms with van der Waals surface area (Å²) >= 11 is 0. The lowest BCUT2D eigenvalue weighted by Gasteiger charge is -2.14. The van der Waals surface area contributed by atoms with E-state index in [1.807, 2.05) is 31.2 Å². The zero-order valence-electron chi connectivity index (χ0n) is 11.1. The summed E-state index contributed by atoms with van der Waals surface area (Å²) in [6, 6.07) is 8.56. The molecule has 0 saturated heterocycles. The van der Waals surface area contributed by atoms with Crippen LogP contribution in [0.1, 0.15) is 26.3 Å². The van der Waals surface area contributed by atoms with Gasteiger partial charge in [-0.15, -0.1) is 0 Å². The largest absolute Gasteiger partial charge is 0.464 e. The van der Waals surface area contributed by atoms with Crippen LogP contribution in [0.3, 0.4) is 0 Å². The summed E-state index contributed by atoms with van der Waals surface area (Å²) in [5.41, 5.74) is -0.168. The van der Waals surface area contributed by atoms with E-state index in [2.05, 4.69) is 0 Å². The predicted molar refractivity (Wildman–Crippen MR) is 74.2 cm³/mol. The number of nitrogens with zero attached hydrogens (tertiary/aromatic N) is 1. The Morgan fingerprint density at radius 1 is 1.32 bits per heavy atom. The molecule has 19 heavy (non-hydrogen) atoms. The number of pyridine rings is 1. The predicted octanol–water partition coefficient (Wildman–Crippen LogP) is 2.52. The Kier molecular flexibility index (Phi) is 4.00. The zero-order valence-corrected chi connectivity index (χ0v) is 11.1.